The Morgan fingerprint density at radius 2 is 1.85 bits per heavy atom. The van der Waals surface area contributed by atoms with Gasteiger partial charge in [0.25, 0.3) is 0 Å². The number of ketones is 1. The zero-order valence-corrected chi connectivity index (χ0v) is 15.0. The molecule has 2 aromatic heterocycles. The van der Waals surface area contributed by atoms with E-state index >= 15 is 0 Å². The number of rotatable bonds is 5. The topological polar surface area (TPSA) is 63.8 Å². The third-order valence-electron chi connectivity index (χ3n) is 3.74. The van der Waals surface area contributed by atoms with Gasteiger partial charge in [0.1, 0.15) is 5.65 Å². The van der Waals surface area contributed by atoms with Crippen molar-refractivity contribution >= 4 is 27.6 Å². The van der Waals surface area contributed by atoms with Gasteiger partial charge in [-0.3, -0.25) is 4.79 Å². The van der Waals surface area contributed by atoms with E-state index in [0.29, 0.717) is 28.9 Å². The number of carbonyl (C=O) groups is 1. The van der Waals surface area contributed by atoms with Crippen LogP contribution in [0.25, 0.3) is 16.9 Å². The van der Waals surface area contributed by atoms with E-state index in [0.717, 1.165) is 0 Å². The quantitative estimate of drug-likeness (QED) is 0.459. The van der Waals surface area contributed by atoms with Crippen molar-refractivity contribution in [3.8, 4) is 11.3 Å². The summed E-state index contributed by atoms with van der Waals surface area (Å²) in [5.41, 5.74) is 2.56. The molecule has 0 aliphatic heterocycles. The molecule has 0 saturated heterocycles. The molecule has 0 spiro atoms. The first kappa shape index (κ1) is 18.2. The maximum absolute atomic E-state index is 12.5. The molecule has 3 aromatic rings. The smallest absolute Gasteiger partial charge is 0.306 e. The molecule has 0 atom stereocenters. The second-order valence-corrected chi connectivity index (χ2v) is 7.34. The number of halogens is 2. The highest BCUT2D eigenvalue weighted by molar-refractivity contribution is 7.83. The number of hydrogen-bond donors (Lipinski definition) is 0. The van der Waals surface area contributed by atoms with Gasteiger partial charge in [0.2, 0.25) is 0 Å². The second-order valence-electron chi connectivity index (χ2n) is 6.37. The van der Waals surface area contributed by atoms with Gasteiger partial charge >= 0.3 is 10.5 Å². The zero-order valence-electron chi connectivity index (χ0n) is 14.2. The van der Waals surface area contributed by atoms with Gasteiger partial charge in [-0.25, -0.2) is 4.98 Å². The molecule has 3 rings (SSSR count). The standard InChI is InChI=1S/C18H17F2N3O2S/c1-12(2)9-17(24)14-5-8-18-21-16(11-23(18)10-14)13-3-6-15(7-4-13)22-26(19,20)25/h3-8,10-12H,9H2,1-2H3. The Morgan fingerprint density at radius 1 is 1.15 bits per heavy atom. The van der Waals surface area contributed by atoms with Crippen LogP contribution in [0.3, 0.4) is 0 Å². The van der Waals surface area contributed by atoms with E-state index in [1.807, 2.05) is 13.8 Å². The van der Waals surface area contributed by atoms with Crippen LogP contribution < -0.4 is 0 Å². The van der Waals surface area contributed by atoms with Crippen molar-refractivity contribution < 1.29 is 16.8 Å². The number of benzene rings is 1. The Kier molecular flexibility index (Phi) is 4.86. The summed E-state index contributed by atoms with van der Waals surface area (Å²) >= 11 is 0. The highest BCUT2D eigenvalue weighted by Gasteiger charge is 2.11. The van der Waals surface area contributed by atoms with Crippen molar-refractivity contribution in [2.24, 2.45) is 10.3 Å². The lowest BCUT2D eigenvalue weighted by Crippen LogP contribution is -2.04. The summed E-state index contributed by atoms with van der Waals surface area (Å²) in [6, 6.07) is 9.39. The van der Waals surface area contributed by atoms with Crippen LogP contribution in [0.15, 0.2) is 53.2 Å². The Hall–Kier alpha value is -2.61. The summed E-state index contributed by atoms with van der Waals surface area (Å²) in [5, 5.41) is 0. The molecular weight excluding hydrogens is 360 g/mol. The monoisotopic (exact) mass is 377 g/mol. The Morgan fingerprint density at radius 3 is 2.46 bits per heavy atom. The largest absolute Gasteiger partial charge is 0.371 e. The maximum atomic E-state index is 12.5. The fourth-order valence-corrected chi connectivity index (χ4v) is 2.97. The van der Waals surface area contributed by atoms with E-state index in [-0.39, 0.29) is 17.4 Å². The van der Waals surface area contributed by atoms with Gasteiger partial charge in [-0.1, -0.05) is 33.8 Å². The number of imidazole rings is 1. The third-order valence-corrected chi connectivity index (χ3v) is 4.16. The predicted molar refractivity (Wildman–Crippen MR) is 96.9 cm³/mol. The summed E-state index contributed by atoms with van der Waals surface area (Å²) < 4.78 is 40.0. The Balaban J connectivity index is 1.92. The lowest BCUT2D eigenvalue weighted by Gasteiger charge is -2.04. The van der Waals surface area contributed by atoms with Gasteiger partial charge in [0, 0.05) is 29.9 Å². The normalized spacial score (nSPS) is 11.9. The molecule has 0 bridgehead atoms. The predicted octanol–water partition coefficient (Wildman–Crippen LogP) is 5.10. The molecule has 8 heteroatoms. The number of Topliss-reactive ketones (excluding diaryl/α,β-unsaturated/α-hetero) is 1. The van der Waals surface area contributed by atoms with E-state index in [9.17, 15) is 16.8 Å². The number of aromatic nitrogens is 2. The molecular formula is C18H17F2N3O2S. The second kappa shape index (κ2) is 6.95. The molecule has 0 unspecified atom stereocenters. The van der Waals surface area contributed by atoms with Crippen LogP contribution in [-0.2, 0) is 10.5 Å². The molecule has 26 heavy (non-hydrogen) atoms. The molecule has 0 N–H and O–H groups in total. The molecule has 136 valence electrons. The molecule has 2 heterocycles. The van der Waals surface area contributed by atoms with E-state index < -0.39 is 10.5 Å². The van der Waals surface area contributed by atoms with Crippen LogP contribution in [0.5, 0.6) is 0 Å². The third kappa shape index (κ3) is 4.32. The number of fused-ring (bicyclic) bond motifs is 1. The average Bonchev–Trinajstić information content (AvgIpc) is 2.96. The summed E-state index contributed by atoms with van der Waals surface area (Å²) in [6.45, 7) is 3.98. The molecule has 0 radical (unpaired) electrons. The van der Waals surface area contributed by atoms with E-state index in [2.05, 4.69) is 9.35 Å². The van der Waals surface area contributed by atoms with Gasteiger partial charge in [-0.05, 0) is 30.2 Å². The highest BCUT2D eigenvalue weighted by atomic mass is 32.3. The summed E-state index contributed by atoms with van der Waals surface area (Å²) in [7, 11) is -5.17. The van der Waals surface area contributed by atoms with Crippen molar-refractivity contribution in [2.45, 2.75) is 20.3 Å². The Bertz CT molecular complexity index is 1070. The van der Waals surface area contributed by atoms with Crippen molar-refractivity contribution in [3.05, 3.63) is 54.4 Å². The highest BCUT2D eigenvalue weighted by Crippen LogP contribution is 2.24. The maximum Gasteiger partial charge on any atom is 0.371 e. The minimum absolute atomic E-state index is 0.0610. The Labute approximate surface area is 150 Å². The molecule has 0 aliphatic carbocycles. The van der Waals surface area contributed by atoms with Gasteiger partial charge < -0.3 is 4.40 Å². The average molecular weight is 377 g/mol. The molecule has 0 saturated carbocycles. The summed E-state index contributed by atoms with van der Waals surface area (Å²) in [5.74, 6) is 0.355. The van der Waals surface area contributed by atoms with Crippen LogP contribution in [0.1, 0.15) is 30.6 Å². The van der Waals surface area contributed by atoms with Crippen molar-refractivity contribution in [1.82, 2.24) is 9.38 Å². The van der Waals surface area contributed by atoms with Gasteiger partial charge in [0.15, 0.2) is 5.78 Å². The lowest BCUT2D eigenvalue weighted by molar-refractivity contribution is 0.0967. The van der Waals surface area contributed by atoms with Gasteiger partial charge in [-0.15, -0.1) is 4.36 Å². The SMILES string of the molecule is CC(C)CC(=O)c1ccc2nc(-c3ccc(N=S(=O)(F)F)cc3)cn2c1. The van der Waals surface area contributed by atoms with Gasteiger partial charge in [0.05, 0.1) is 11.4 Å². The van der Waals surface area contributed by atoms with E-state index in [1.54, 1.807) is 41.1 Å². The zero-order chi connectivity index (χ0) is 18.9. The van der Waals surface area contributed by atoms with Gasteiger partial charge in [-0.2, -0.15) is 4.21 Å². The fraction of sp³-hybridized carbons (Fsp3) is 0.222. The number of hydrogen-bond acceptors (Lipinski definition) is 4. The minimum Gasteiger partial charge on any atom is -0.306 e. The first-order chi connectivity index (χ1) is 12.2. The van der Waals surface area contributed by atoms with Crippen molar-refractivity contribution in [3.63, 3.8) is 0 Å². The van der Waals surface area contributed by atoms with Crippen molar-refractivity contribution in [2.75, 3.05) is 0 Å². The van der Waals surface area contributed by atoms with Crippen LogP contribution in [0.2, 0.25) is 0 Å². The molecule has 0 amide bonds. The van der Waals surface area contributed by atoms with Crippen molar-refractivity contribution in [1.29, 1.82) is 0 Å². The van der Waals surface area contributed by atoms with Crippen LogP contribution in [0, 0.1) is 5.92 Å². The van der Waals surface area contributed by atoms with E-state index in [1.165, 1.54) is 12.1 Å². The number of nitrogens with zero attached hydrogens (tertiary/aromatic N) is 3. The molecule has 5 nitrogen and oxygen atoms in total. The first-order valence-corrected chi connectivity index (χ1v) is 9.31. The summed E-state index contributed by atoms with van der Waals surface area (Å²) in [4.78, 5) is 16.7. The lowest BCUT2D eigenvalue weighted by atomic mass is 10.0. The fourth-order valence-electron chi connectivity index (χ4n) is 2.60. The number of pyridine rings is 1. The molecule has 0 aliphatic rings. The van der Waals surface area contributed by atoms with Crippen LogP contribution >= 0.6 is 0 Å². The summed E-state index contributed by atoms with van der Waals surface area (Å²) in [6.07, 6.45) is 3.98. The van der Waals surface area contributed by atoms with Crippen LogP contribution in [-0.4, -0.2) is 19.4 Å². The minimum atomic E-state index is -5.17. The van der Waals surface area contributed by atoms with Crippen LogP contribution in [0.4, 0.5) is 13.5 Å². The number of carbonyl (C=O) groups excluding carboxylic acids is 1. The molecule has 0 fully saturated rings. The first-order valence-electron chi connectivity index (χ1n) is 8.00. The van der Waals surface area contributed by atoms with E-state index in [4.69, 9.17) is 0 Å². The molecule has 1 aromatic carbocycles.